The van der Waals surface area contributed by atoms with Crippen molar-refractivity contribution in [2.75, 3.05) is 12.0 Å². The Kier molecular flexibility index (Phi) is 5.50. The third-order valence-corrected chi connectivity index (χ3v) is 5.15. The maximum Gasteiger partial charge on any atom is 0.274 e. The highest BCUT2D eigenvalue weighted by Gasteiger charge is 2.40. The van der Waals surface area contributed by atoms with Gasteiger partial charge in [0.1, 0.15) is 11.6 Å². The molecule has 9 heteroatoms. The van der Waals surface area contributed by atoms with Crippen LogP contribution in [0.1, 0.15) is 44.1 Å². The van der Waals surface area contributed by atoms with Gasteiger partial charge < -0.3 is 10.1 Å². The van der Waals surface area contributed by atoms with Gasteiger partial charge in [0.2, 0.25) is 17.8 Å². The van der Waals surface area contributed by atoms with Crippen LogP contribution < -0.4 is 15.0 Å². The zero-order chi connectivity index (χ0) is 21.3. The zero-order valence-corrected chi connectivity index (χ0v) is 16.6. The average molecular weight is 404 g/mol. The molecule has 1 unspecified atom stereocenters. The lowest BCUT2D eigenvalue weighted by molar-refractivity contribution is -0.115. The molecule has 7 nitrogen and oxygen atoms in total. The third-order valence-electron chi connectivity index (χ3n) is 5.15. The molecule has 0 radical (unpaired) electrons. The number of methoxy groups -OCH3 is 1. The number of halogens is 2. The number of aromatic nitrogens is 2. The van der Waals surface area contributed by atoms with E-state index in [0.717, 1.165) is 29.9 Å². The van der Waals surface area contributed by atoms with E-state index in [1.165, 1.54) is 26.2 Å². The lowest BCUT2D eigenvalue weighted by atomic mass is 9.67. The van der Waals surface area contributed by atoms with Crippen molar-refractivity contribution < 1.29 is 23.1 Å². The lowest BCUT2D eigenvalue weighted by Crippen LogP contribution is -2.52. The molecule has 2 heterocycles. The van der Waals surface area contributed by atoms with E-state index in [2.05, 4.69) is 29.1 Å². The van der Waals surface area contributed by atoms with Gasteiger partial charge in [0.15, 0.2) is 5.69 Å². The molecule has 2 aromatic heterocycles. The molecule has 0 saturated heterocycles. The molecule has 1 fully saturated rings. The largest absolute Gasteiger partial charge is 0.494 e. The molecule has 0 aliphatic heterocycles. The van der Waals surface area contributed by atoms with Gasteiger partial charge in [-0.1, -0.05) is 13.8 Å². The van der Waals surface area contributed by atoms with Crippen LogP contribution in [0.4, 0.5) is 20.3 Å². The van der Waals surface area contributed by atoms with Gasteiger partial charge in [-0.3, -0.25) is 14.5 Å². The number of amides is 2. The smallest absolute Gasteiger partial charge is 0.274 e. The molecular formula is C20H22F2N4O3. The summed E-state index contributed by atoms with van der Waals surface area (Å²) in [4.78, 5) is 33.3. The lowest BCUT2D eigenvalue weighted by Gasteiger charge is -2.44. The minimum atomic E-state index is -1.08. The van der Waals surface area contributed by atoms with Gasteiger partial charge >= 0.3 is 0 Å². The van der Waals surface area contributed by atoms with E-state index in [1.54, 1.807) is 0 Å². The molecular weight excluding hydrogens is 382 g/mol. The minimum absolute atomic E-state index is 0.00235. The first-order valence-corrected chi connectivity index (χ1v) is 9.12. The highest BCUT2D eigenvalue weighted by atomic mass is 19.1. The van der Waals surface area contributed by atoms with Crippen molar-refractivity contribution in [3.8, 4) is 5.75 Å². The highest BCUT2D eigenvalue weighted by Crippen LogP contribution is 2.40. The standard InChI is InChI=1S/C20H22F2N4O3/c1-11(27)26(12-9-15(21)24-16(22)10-12)17-6-5-13(29-4)18(25-17)19(28)23-14-7-8-20(14,2)3/h5-6,9-10,14H,7-8H2,1-4H3,(H,23,28). The molecule has 3 rings (SSSR count). The number of nitrogens with one attached hydrogen (secondary N) is 1. The van der Waals surface area contributed by atoms with Crippen molar-refractivity contribution in [2.45, 2.75) is 39.7 Å². The second kappa shape index (κ2) is 7.73. The Hall–Kier alpha value is -3.10. The molecule has 154 valence electrons. The number of carbonyl (C=O) groups excluding carboxylic acids is 2. The Bertz CT molecular complexity index is 944. The molecule has 0 spiro atoms. The molecule has 1 N–H and O–H groups in total. The minimum Gasteiger partial charge on any atom is -0.494 e. The van der Waals surface area contributed by atoms with Crippen molar-refractivity contribution in [1.29, 1.82) is 0 Å². The van der Waals surface area contributed by atoms with Crippen LogP contribution in [0.25, 0.3) is 0 Å². The van der Waals surface area contributed by atoms with Crippen LogP contribution in [-0.4, -0.2) is 34.9 Å². The summed E-state index contributed by atoms with van der Waals surface area (Å²) in [6, 6.07) is 4.73. The normalized spacial score (nSPS) is 17.2. The fourth-order valence-corrected chi connectivity index (χ4v) is 3.30. The maximum atomic E-state index is 13.6. The Morgan fingerprint density at radius 3 is 2.34 bits per heavy atom. The quantitative estimate of drug-likeness (QED) is 0.773. The number of anilines is 2. The Morgan fingerprint density at radius 1 is 1.21 bits per heavy atom. The fourth-order valence-electron chi connectivity index (χ4n) is 3.30. The first kappa shape index (κ1) is 20.6. The first-order chi connectivity index (χ1) is 13.6. The molecule has 0 bridgehead atoms. The monoisotopic (exact) mass is 404 g/mol. The Balaban J connectivity index is 1.99. The van der Waals surface area contributed by atoms with E-state index >= 15 is 0 Å². The van der Waals surface area contributed by atoms with Crippen molar-refractivity contribution in [2.24, 2.45) is 5.41 Å². The zero-order valence-electron chi connectivity index (χ0n) is 16.6. The van der Waals surface area contributed by atoms with Crippen molar-refractivity contribution in [3.05, 3.63) is 41.9 Å². The van der Waals surface area contributed by atoms with Gasteiger partial charge in [-0.15, -0.1) is 0 Å². The van der Waals surface area contributed by atoms with E-state index < -0.39 is 23.7 Å². The van der Waals surface area contributed by atoms with Crippen LogP contribution in [0, 0.1) is 17.3 Å². The van der Waals surface area contributed by atoms with Crippen LogP contribution in [-0.2, 0) is 4.79 Å². The second-order valence-corrected chi connectivity index (χ2v) is 7.60. The van der Waals surface area contributed by atoms with E-state index in [9.17, 15) is 18.4 Å². The second-order valence-electron chi connectivity index (χ2n) is 7.60. The summed E-state index contributed by atoms with van der Waals surface area (Å²) in [5.74, 6) is -2.90. The van der Waals surface area contributed by atoms with Crippen molar-refractivity contribution in [1.82, 2.24) is 15.3 Å². The van der Waals surface area contributed by atoms with Gasteiger partial charge in [0.05, 0.1) is 12.8 Å². The number of ether oxygens (including phenoxy) is 1. The van der Waals surface area contributed by atoms with Gasteiger partial charge in [-0.05, 0) is 30.4 Å². The topological polar surface area (TPSA) is 84.4 Å². The number of carbonyl (C=O) groups is 2. The predicted molar refractivity (Wildman–Crippen MR) is 102 cm³/mol. The molecule has 2 aromatic rings. The summed E-state index contributed by atoms with van der Waals surface area (Å²) in [6.45, 7) is 5.35. The van der Waals surface area contributed by atoms with Crippen LogP contribution in [0.3, 0.4) is 0 Å². The number of rotatable bonds is 5. The number of hydrogen-bond acceptors (Lipinski definition) is 5. The van der Waals surface area contributed by atoms with Crippen LogP contribution in [0.15, 0.2) is 24.3 Å². The van der Waals surface area contributed by atoms with Gasteiger partial charge in [0, 0.05) is 25.1 Å². The molecule has 1 atom stereocenters. The summed E-state index contributed by atoms with van der Waals surface area (Å²) in [5.41, 5.74) is -0.126. The SMILES string of the molecule is COc1ccc(N(C(C)=O)c2cc(F)nc(F)c2)nc1C(=O)NC1CCC1(C)C. The number of nitrogens with zero attached hydrogens (tertiary/aromatic N) is 3. The van der Waals surface area contributed by atoms with Crippen molar-refractivity contribution >= 4 is 23.3 Å². The molecule has 2 amide bonds. The average Bonchev–Trinajstić information content (AvgIpc) is 2.64. The Labute approximate surface area is 167 Å². The number of hydrogen-bond donors (Lipinski definition) is 1. The molecule has 29 heavy (non-hydrogen) atoms. The first-order valence-electron chi connectivity index (χ1n) is 9.12. The van der Waals surface area contributed by atoms with Gasteiger partial charge in [-0.25, -0.2) is 4.98 Å². The summed E-state index contributed by atoms with van der Waals surface area (Å²) >= 11 is 0. The molecule has 1 saturated carbocycles. The predicted octanol–water partition coefficient (Wildman–Crippen LogP) is 3.37. The van der Waals surface area contributed by atoms with Gasteiger partial charge in [-0.2, -0.15) is 13.8 Å². The molecule has 1 aliphatic carbocycles. The summed E-state index contributed by atoms with van der Waals surface area (Å²) in [6.07, 6.45) is 1.86. The summed E-state index contributed by atoms with van der Waals surface area (Å²) in [5, 5.41) is 2.94. The van der Waals surface area contributed by atoms with Crippen LogP contribution in [0.2, 0.25) is 0 Å². The summed E-state index contributed by atoms with van der Waals surface area (Å²) < 4.78 is 32.4. The van der Waals surface area contributed by atoms with E-state index in [0.29, 0.717) is 0 Å². The van der Waals surface area contributed by atoms with E-state index in [1.807, 2.05) is 0 Å². The van der Waals surface area contributed by atoms with E-state index in [4.69, 9.17) is 4.74 Å². The van der Waals surface area contributed by atoms with Crippen molar-refractivity contribution in [3.63, 3.8) is 0 Å². The fraction of sp³-hybridized carbons (Fsp3) is 0.400. The van der Waals surface area contributed by atoms with Crippen LogP contribution >= 0.6 is 0 Å². The number of pyridine rings is 2. The van der Waals surface area contributed by atoms with Crippen LogP contribution in [0.5, 0.6) is 5.75 Å². The Morgan fingerprint density at radius 2 is 1.86 bits per heavy atom. The highest BCUT2D eigenvalue weighted by molar-refractivity contribution is 6.00. The molecule has 1 aliphatic rings. The van der Waals surface area contributed by atoms with Gasteiger partial charge in [0.25, 0.3) is 5.91 Å². The van der Waals surface area contributed by atoms with E-state index in [-0.39, 0.29) is 34.4 Å². The molecule has 0 aromatic carbocycles. The maximum absolute atomic E-state index is 13.6. The third kappa shape index (κ3) is 4.18. The summed E-state index contributed by atoms with van der Waals surface area (Å²) in [7, 11) is 1.40.